The number of fused-ring (bicyclic) bond motifs is 1. The highest BCUT2D eigenvalue weighted by atomic mass is 35.5. The van der Waals surface area contributed by atoms with Crippen LogP contribution in [-0.2, 0) is 4.79 Å². The van der Waals surface area contributed by atoms with Crippen molar-refractivity contribution >= 4 is 69.2 Å². The second-order valence-corrected chi connectivity index (χ2v) is 9.01. The number of hydrogen-bond donors (Lipinski definition) is 3. The predicted molar refractivity (Wildman–Crippen MR) is 153 cm³/mol. The fraction of sp³-hybridized carbons (Fsp3) is 0. The normalized spacial score (nSPS) is 11.0. The zero-order valence-electron chi connectivity index (χ0n) is 19.7. The minimum atomic E-state index is -0.415. The SMILES string of the molecule is O=C(/C=C/c1ccc(-c2ccc(Cl)cc2)o1)NC(=S)Nc1ccc(NC(=O)c2cc3ccccc3o2)cc1. The molecule has 0 aliphatic heterocycles. The molecule has 0 saturated carbocycles. The highest BCUT2D eigenvalue weighted by Crippen LogP contribution is 2.24. The van der Waals surface area contributed by atoms with Crippen LogP contribution in [0.5, 0.6) is 0 Å². The zero-order valence-corrected chi connectivity index (χ0v) is 21.3. The van der Waals surface area contributed by atoms with Crippen molar-refractivity contribution in [1.29, 1.82) is 0 Å². The van der Waals surface area contributed by atoms with Gasteiger partial charge < -0.3 is 19.5 Å². The summed E-state index contributed by atoms with van der Waals surface area (Å²) in [6, 6.07) is 26.8. The monoisotopic (exact) mass is 541 g/mol. The van der Waals surface area contributed by atoms with E-state index in [4.69, 9.17) is 32.7 Å². The molecule has 3 N–H and O–H groups in total. The zero-order chi connectivity index (χ0) is 26.5. The highest BCUT2D eigenvalue weighted by molar-refractivity contribution is 7.80. The molecule has 5 aromatic rings. The Morgan fingerprint density at radius 2 is 1.53 bits per heavy atom. The molecule has 0 saturated heterocycles. The highest BCUT2D eigenvalue weighted by Gasteiger charge is 2.12. The number of carbonyl (C=O) groups excluding carboxylic acids is 2. The Labute approximate surface area is 228 Å². The van der Waals surface area contributed by atoms with Gasteiger partial charge in [-0.2, -0.15) is 0 Å². The van der Waals surface area contributed by atoms with E-state index in [9.17, 15) is 9.59 Å². The van der Waals surface area contributed by atoms with Crippen LogP contribution in [0.25, 0.3) is 28.4 Å². The van der Waals surface area contributed by atoms with Crippen molar-refractivity contribution in [3.8, 4) is 11.3 Å². The van der Waals surface area contributed by atoms with Crippen molar-refractivity contribution in [2.24, 2.45) is 0 Å². The van der Waals surface area contributed by atoms with Crippen LogP contribution in [0.2, 0.25) is 5.02 Å². The smallest absolute Gasteiger partial charge is 0.291 e. The summed E-state index contributed by atoms with van der Waals surface area (Å²) >= 11 is 11.1. The summed E-state index contributed by atoms with van der Waals surface area (Å²) < 4.78 is 11.3. The van der Waals surface area contributed by atoms with Gasteiger partial charge in [-0.1, -0.05) is 29.8 Å². The molecule has 0 atom stereocenters. The van der Waals surface area contributed by atoms with E-state index in [1.54, 1.807) is 60.7 Å². The molecule has 0 radical (unpaired) electrons. The topological polar surface area (TPSA) is 96.5 Å². The summed E-state index contributed by atoms with van der Waals surface area (Å²) in [5.74, 6) is 0.636. The number of anilines is 2. The number of thiocarbonyl (C=S) groups is 1. The van der Waals surface area contributed by atoms with Gasteiger partial charge in [0.15, 0.2) is 10.9 Å². The number of nitrogens with one attached hydrogen (secondary N) is 3. The summed E-state index contributed by atoms with van der Waals surface area (Å²) in [5, 5.41) is 9.93. The second kappa shape index (κ2) is 11.2. The van der Waals surface area contributed by atoms with E-state index < -0.39 is 5.91 Å². The van der Waals surface area contributed by atoms with Crippen LogP contribution in [0.4, 0.5) is 11.4 Å². The van der Waals surface area contributed by atoms with E-state index in [0.717, 1.165) is 10.9 Å². The average Bonchev–Trinajstić information content (AvgIpc) is 3.56. The van der Waals surface area contributed by atoms with E-state index >= 15 is 0 Å². The first-order valence-electron chi connectivity index (χ1n) is 11.5. The molecule has 5 rings (SSSR count). The van der Waals surface area contributed by atoms with Gasteiger partial charge in [-0.25, -0.2) is 0 Å². The molecule has 9 heteroatoms. The number of furan rings is 2. The van der Waals surface area contributed by atoms with Gasteiger partial charge in [0, 0.05) is 33.4 Å². The third-order valence-electron chi connectivity index (χ3n) is 5.44. The summed E-state index contributed by atoms with van der Waals surface area (Å²) in [4.78, 5) is 24.8. The minimum Gasteiger partial charge on any atom is -0.457 e. The lowest BCUT2D eigenvalue weighted by Crippen LogP contribution is -2.32. The number of benzene rings is 3. The molecular formula is C29H20ClN3O4S. The molecule has 0 bridgehead atoms. The summed E-state index contributed by atoms with van der Waals surface area (Å²) in [6.07, 6.45) is 2.88. The second-order valence-electron chi connectivity index (χ2n) is 8.17. The van der Waals surface area contributed by atoms with Crippen LogP contribution >= 0.6 is 23.8 Å². The molecule has 0 unspecified atom stereocenters. The van der Waals surface area contributed by atoms with Crippen LogP contribution in [0, 0.1) is 0 Å². The molecule has 0 spiro atoms. The summed E-state index contributed by atoms with van der Waals surface area (Å²) in [7, 11) is 0. The van der Waals surface area contributed by atoms with Gasteiger partial charge >= 0.3 is 0 Å². The van der Waals surface area contributed by atoms with Crippen LogP contribution in [0.15, 0.2) is 106 Å². The molecule has 2 aromatic heterocycles. The third kappa shape index (κ3) is 6.18. The van der Waals surface area contributed by atoms with Crippen molar-refractivity contribution in [3.63, 3.8) is 0 Å². The average molecular weight is 542 g/mol. The molecule has 38 heavy (non-hydrogen) atoms. The van der Waals surface area contributed by atoms with Gasteiger partial charge in [-0.3, -0.25) is 14.9 Å². The molecule has 0 aliphatic rings. The van der Waals surface area contributed by atoms with Crippen LogP contribution in [0.3, 0.4) is 0 Å². The van der Waals surface area contributed by atoms with Gasteiger partial charge in [0.25, 0.3) is 5.91 Å². The molecule has 7 nitrogen and oxygen atoms in total. The Bertz CT molecular complexity index is 1620. The maximum absolute atomic E-state index is 12.5. The number of amides is 2. The molecular weight excluding hydrogens is 522 g/mol. The van der Waals surface area contributed by atoms with E-state index in [1.165, 1.54) is 6.08 Å². The molecule has 0 aliphatic carbocycles. The van der Waals surface area contributed by atoms with E-state index in [1.807, 2.05) is 36.4 Å². The standard InChI is InChI=1S/C29H20ClN3O4S/c30-20-7-5-18(6-8-20)25-15-13-23(36-25)14-16-27(34)33-29(38)32-22-11-9-21(10-12-22)31-28(35)26-17-19-3-1-2-4-24(19)37-26/h1-17H,(H,31,35)(H2,32,33,34,38)/b16-14+. The van der Waals surface area contributed by atoms with Gasteiger partial charge in [-0.05, 0) is 91.1 Å². The number of hydrogen-bond acceptors (Lipinski definition) is 5. The largest absolute Gasteiger partial charge is 0.457 e. The fourth-order valence-electron chi connectivity index (χ4n) is 3.61. The van der Waals surface area contributed by atoms with Crippen molar-refractivity contribution in [2.75, 3.05) is 10.6 Å². The first-order valence-corrected chi connectivity index (χ1v) is 12.3. The lowest BCUT2D eigenvalue weighted by molar-refractivity contribution is -0.115. The Kier molecular flexibility index (Phi) is 7.35. The minimum absolute atomic E-state index is 0.125. The Balaban J connectivity index is 1.11. The van der Waals surface area contributed by atoms with Crippen LogP contribution in [-0.4, -0.2) is 16.9 Å². The summed E-state index contributed by atoms with van der Waals surface area (Å²) in [5.41, 5.74) is 2.74. The number of rotatable bonds is 6. The van der Waals surface area contributed by atoms with E-state index in [0.29, 0.717) is 33.5 Å². The molecule has 3 aromatic carbocycles. The van der Waals surface area contributed by atoms with E-state index in [2.05, 4.69) is 16.0 Å². The lowest BCUT2D eigenvalue weighted by Gasteiger charge is -2.09. The summed E-state index contributed by atoms with van der Waals surface area (Å²) in [6.45, 7) is 0. The lowest BCUT2D eigenvalue weighted by atomic mass is 10.2. The van der Waals surface area contributed by atoms with Crippen molar-refractivity contribution in [2.45, 2.75) is 0 Å². The fourth-order valence-corrected chi connectivity index (χ4v) is 3.95. The van der Waals surface area contributed by atoms with Crippen LogP contribution < -0.4 is 16.0 Å². The van der Waals surface area contributed by atoms with Gasteiger partial charge in [-0.15, -0.1) is 0 Å². The Morgan fingerprint density at radius 3 is 2.26 bits per heavy atom. The maximum Gasteiger partial charge on any atom is 0.291 e. The first-order chi connectivity index (χ1) is 18.4. The molecule has 0 fully saturated rings. The van der Waals surface area contributed by atoms with Crippen molar-refractivity contribution in [3.05, 3.63) is 114 Å². The number of para-hydroxylation sites is 1. The number of halogens is 1. The van der Waals surface area contributed by atoms with Crippen molar-refractivity contribution < 1.29 is 18.4 Å². The van der Waals surface area contributed by atoms with E-state index in [-0.39, 0.29) is 16.8 Å². The molecule has 188 valence electrons. The predicted octanol–water partition coefficient (Wildman–Crippen LogP) is 7.12. The molecule has 2 amide bonds. The Morgan fingerprint density at radius 1 is 0.816 bits per heavy atom. The van der Waals surface area contributed by atoms with Gasteiger partial charge in [0.2, 0.25) is 5.91 Å². The van der Waals surface area contributed by atoms with Gasteiger partial charge in [0.1, 0.15) is 17.1 Å². The third-order valence-corrected chi connectivity index (χ3v) is 5.90. The van der Waals surface area contributed by atoms with Crippen LogP contribution in [0.1, 0.15) is 16.3 Å². The Hall–Kier alpha value is -4.66. The quantitative estimate of drug-likeness (QED) is 0.156. The van der Waals surface area contributed by atoms with Gasteiger partial charge in [0.05, 0.1) is 0 Å². The first kappa shape index (κ1) is 25.0. The van der Waals surface area contributed by atoms with Crippen molar-refractivity contribution in [1.82, 2.24) is 5.32 Å². The molecule has 2 heterocycles. The maximum atomic E-state index is 12.5. The number of carbonyl (C=O) groups is 2.